The summed E-state index contributed by atoms with van der Waals surface area (Å²) in [5.41, 5.74) is -1.36. The third kappa shape index (κ3) is 5.89. The van der Waals surface area contributed by atoms with Gasteiger partial charge in [-0.05, 0) is 6.42 Å². The van der Waals surface area contributed by atoms with Crippen LogP contribution in [0.4, 0.5) is 4.39 Å². The predicted molar refractivity (Wildman–Crippen MR) is 26.0 cm³/mol. The Bertz CT molecular complexity index is 55.7. The molecule has 0 aromatic rings. The first-order valence-electron chi connectivity index (χ1n) is 1.99. The highest BCUT2D eigenvalue weighted by Crippen LogP contribution is 2.03. The maximum absolute atomic E-state index is 11.5. The summed E-state index contributed by atoms with van der Waals surface area (Å²) >= 11 is 4.83. The molecule has 7 heavy (non-hydrogen) atoms. The van der Waals surface area contributed by atoms with E-state index in [2.05, 4.69) is 0 Å². The summed E-state index contributed by atoms with van der Waals surface area (Å²) in [5.74, 6) is 0. The molecule has 1 nitrogen and oxygen atoms in total. The van der Waals surface area contributed by atoms with Crippen molar-refractivity contribution >= 4 is 17.9 Å². The summed E-state index contributed by atoms with van der Waals surface area (Å²) < 4.78 is 11.5. The molecular weight excluding hydrogens is 118 g/mol. The molecule has 0 bridgehead atoms. The average Bonchev–Trinajstić information content (AvgIpc) is 1.61. The van der Waals surface area contributed by atoms with Gasteiger partial charge in [0.15, 0.2) is 5.63 Å². The summed E-state index contributed by atoms with van der Waals surface area (Å²) in [4.78, 5) is 9.48. The van der Waals surface area contributed by atoms with Crippen molar-refractivity contribution in [1.29, 1.82) is 0 Å². The fourth-order valence-electron chi connectivity index (χ4n) is 0.194. The van der Waals surface area contributed by atoms with Crippen molar-refractivity contribution in [2.24, 2.45) is 0 Å². The van der Waals surface area contributed by atoms with Crippen LogP contribution in [-0.2, 0) is 4.79 Å². The van der Waals surface area contributed by atoms with Crippen LogP contribution in [0.2, 0.25) is 0 Å². The minimum atomic E-state index is -1.36. The summed E-state index contributed by atoms with van der Waals surface area (Å²) in [6.45, 7) is 0. The Labute approximate surface area is 46.5 Å². The molecule has 0 aliphatic rings. The Morgan fingerprint density at radius 3 is 2.57 bits per heavy atom. The number of rotatable bonds is 3. The molecule has 0 spiro atoms. The molecule has 0 aromatic heterocycles. The van der Waals surface area contributed by atoms with Gasteiger partial charge >= 0.3 is 0 Å². The van der Waals surface area contributed by atoms with Crippen molar-refractivity contribution in [3.8, 4) is 0 Å². The zero-order chi connectivity index (χ0) is 5.70. The maximum Gasteiger partial charge on any atom is 0.173 e. The van der Waals surface area contributed by atoms with Crippen molar-refractivity contribution in [2.45, 2.75) is 18.5 Å². The van der Waals surface area contributed by atoms with E-state index in [1.807, 2.05) is 0 Å². The highest BCUT2D eigenvalue weighted by molar-refractivity contribution is 6.19. The van der Waals surface area contributed by atoms with Crippen LogP contribution in [0.5, 0.6) is 0 Å². The van der Waals surface area contributed by atoms with Gasteiger partial charge in [0.2, 0.25) is 0 Å². The second-order valence-electron chi connectivity index (χ2n) is 1.14. The molecule has 0 saturated carbocycles. The van der Waals surface area contributed by atoms with Crippen molar-refractivity contribution in [3.05, 3.63) is 0 Å². The van der Waals surface area contributed by atoms with E-state index in [0.29, 0.717) is 6.29 Å². The van der Waals surface area contributed by atoms with Crippen LogP contribution in [0.3, 0.4) is 0 Å². The van der Waals surface area contributed by atoms with Gasteiger partial charge in [-0.15, -0.1) is 0 Å². The van der Waals surface area contributed by atoms with E-state index in [0.717, 1.165) is 0 Å². The molecule has 1 unspecified atom stereocenters. The van der Waals surface area contributed by atoms with Crippen molar-refractivity contribution in [1.82, 2.24) is 0 Å². The highest BCUT2D eigenvalue weighted by atomic mass is 35.5. The molecule has 3 heteroatoms. The SMILES string of the molecule is O=CCCC(F)Cl. The van der Waals surface area contributed by atoms with E-state index in [-0.39, 0.29) is 12.8 Å². The topological polar surface area (TPSA) is 17.1 Å². The van der Waals surface area contributed by atoms with Crippen molar-refractivity contribution < 1.29 is 9.18 Å². The lowest BCUT2D eigenvalue weighted by molar-refractivity contribution is -0.108. The molecule has 0 rings (SSSR count). The Morgan fingerprint density at radius 2 is 2.43 bits per heavy atom. The van der Waals surface area contributed by atoms with E-state index in [4.69, 9.17) is 11.6 Å². The number of halogens is 2. The lowest BCUT2D eigenvalue weighted by Gasteiger charge is -1.88. The first-order chi connectivity index (χ1) is 3.27. The van der Waals surface area contributed by atoms with Gasteiger partial charge in [-0.1, -0.05) is 11.6 Å². The van der Waals surface area contributed by atoms with E-state index in [1.54, 1.807) is 0 Å². The summed E-state index contributed by atoms with van der Waals surface area (Å²) in [6.07, 6.45) is 0.991. The van der Waals surface area contributed by atoms with Gasteiger partial charge in [0.25, 0.3) is 0 Å². The second kappa shape index (κ2) is 4.06. The number of alkyl halides is 2. The summed E-state index contributed by atoms with van der Waals surface area (Å²) in [5, 5.41) is 0. The van der Waals surface area contributed by atoms with Gasteiger partial charge in [0.1, 0.15) is 6.29 Å². The van der Waals surface area contributed by atoms with Crippen LogP contribution in [0, 0.1) is 0 Å². The predicted octanol–water partition coefficient (Wildman–Crippen LogP) is 1.50. The molecule has 0 saturated heterocycles. The van der Waals surface area contributed by atoms with E-state index < -0.39 is 5.63 Å². The first kappa shape index (κ1) is 6.89. The second-order valence-corrected chi connectivity index (χ2v) is 1.61. The molecule has 42 valence electrons. The Balaban J connectivity index is 2.81. The molecule has 0 aliphatic heterocycles. The zero-order valence-corrected chi connectivity index (χ0v) is 4.49. The van der Waals surface area contributed by atoms with Gasteiger partial charge in [0.05, 0.1) is 0 Å². The number of carbonyl (C=O) groups is 1. The van der Waals surface area contributed by atoms with Gasteiger partial charge in [-0.2, -0.15) is 0 Å². The Morgan fingerprint density at radius 1 is 1.86 bits per heavy atom. The number of carbonyl (C=O) groups excluding carboxylic acids is 1. The van der Waals surface area contributed by atoms with Gasteiger partial charge in [-0.3, -0.25) is 0 Å². The molecule has 0 aliphatic carbocycles. The van der Waals surface area contributed by atoms with Gasteiger partial charge in [0, 0.05) is 6.42 Å². The Hall–Kier alpha value is -0.110. The van der Waals surface area contributed by atoms with Crippen LogP contribution in [0.1, 0.15) is 12.8 Å². The lowest BCUT2D eigenvalue weighted by atomic mass is 10.4. The van der Waals surface area contributed by atoms with Gasteiger partial charge in [-0.25, -0.2) is 4.39 Å². The fraction of sp³-hybridized carbons (Fsp3) is 0.750. The zero-order valence-electron chi connectivity index (χ0n) is 3.73. The molecule has 0 heterocycles. The van der Waals surface area contributed by atoms with Crippen LogP contribution in [0.15, 0.2) is 0 Å². The number of hydrogen-bond acceptors (Lipinski definition) is 1. The van der Waals surface area contributed by atoms with Gasteiger partial charge < -0.3 is 4.79 Å². The minimum Gasteiger partial charge on any atom is -0.303 e. The quantitative estimate of drug-likeness (QED) is 0.412. The molecule has 0 amide bonds. The first-order valence-corrected chi connectivity index (χ1v) is 2.43. The molecule has 0 N–H and O–H groups in total. The van der Waals surface area contributed by atoms with E-state index >= 15 is 0 Å². The molecule has 1 atom stereocenters. The highest BCUT2D eigenvalue weighted by Gasteiger charge is 1.96. The maximum atomic E-state index is 11.5. The van der Waals surface area contributed by atoms with Crippen molar-refractivity contribution in [2.75, 3.05) is 0 Å². The number of hydrogen-bond donors (Lipinski definition) is 0. The van der Waals surface area contributed by atoms with E-state index in [9.17, 15) is 9.18 Å². The van der Waals surface area contributed by atoms with E-state index in [1.165, 1.54) is 0 Å². The molecule has 0 aromatic carbocycles. The third-order valence-corrected chi connectivity index (χ3v) is 0.721. The minimum absolute atomic E-state index is 0.130. The monoisotopic (exact) mass is 124 g/mol. The van der Waals surface area contributed by atoms with Crippen LogP contribution in [0.25, 0.3) is 0 Å². The average molecular weight is 125 g/mol. The van der Waals surface area contributed by atoms with Crippen LogP contribution in [-0.4, -0.2) is 11.9 Å². The Kier molecular flexibility index (Phi) is 4.00. The number of aldehydes is 1. The largest absolute Gasteiger partial charge is 0.303 e. The smallest absolute Gasteiger partial charge is 0.173 e. The molecular formula is C4H6ClFO. The third-order valence-electron chi connectivity index (χ3n) is 0.503. The summed E-state index contributed by atoms with van der Waals surface area (Å²) in [7, 11) is 0. The van der Waals surface area contributed by atoms with Crippen LogP contribution >= 0.6 is 11.6 Å². The fourth-order valence-corrected chi connectivity index (χ4v) is 0.320. The summed E-state index contributed by atoms with van der Waals surface area (Å²) in [6, 6.07) is 0. The molecule has 0 radical (unpaired) electrons. The molecule has 0 fully saturated rings. The lowest BCUT2D eigenvalue weighted by Crippen LogP contribution is -1.86. The van der Waals surface area contributed by atoms with Crippen molar-refractivity contribution in [3.63, 3.8) is 0 Å². The standard InChI is InChI=1S/C4H6ClFO/c5-4(6)2-1-3-7/h3-4H,1-2H2. The normalized spacial score (nSPS) is 13.4. The van der Waals surface area contributed by atoms with Crippen LogP contribution < -0.4 is 0 Å².